The molecule has 0 aliphatic heterocycles. The van der Waals surface area contributed by atoms with Crippen LogP contribution in [0.1, 0.15) is 17.8 Å². The Bertz CT molecular complexity index is 1340. The molecule has 0 atom stereocenters. The Hall–Kier alpha value is -4.69. The summed E-state index contributed by atoms with van der Waals surface area (Å²) in [5.41, 5.74) is 8.75. The topological polar surface area (TPSA) is 129 Å². The molecule has 8 heteroatoms. The Kier molecular flexibility index (Phi) is 5.55. The molecule has 0 bridgehead atoms. The van der Waals surface area contributed by atoms with Gasteiger partial charge in [-0.2, -0.15) is 25.5 Å². The number of aromatic nitrogens is 4. The lowest BCUT2D eigenvalue weighted by atomic mass is 10.1. The van der Waals surface area contributed by atoms with E-state index in [1.54, 1.807) is 6.08 Å². The molecule has 2 aromatic carbocycles. The summed E-state index contributed by atoms with van der Waals surface area (Å²) in [7, 11) is 0. The molecule has 0 radical (unpaired) electrons. The molecular weight excluding hydrogens is 388 g/mol. The number of nitrogen functional groups attached to an aromatic ring is 1. The summed E-state index contributed by atoms with van der Waals surface area (Å²) >= 11 is 0. The predicted octanol–water partition coefficient (Wildman–Crippen LogP) is 4.13. The van der Waals surface area contributed by atoms with E-state index in [1.807, 2.05) is 65.4 Å². The van der Waals surface area contributed by atoms with Crippen molar-refractivity contribution in [3.63, 3.8) is 0 Å². The highest BCUT2D eigenvalue weighted by molar-refractivity contribution is 5.97. The minimum absolute atomic E-state index is 0.0148. The normalized spacial score (nSPS) is 11.1. The molecule has 0 saturated carbocycles. The summed E-state index contributed by atoms with van der Waals surface area (Å²) in [6.07, 6.45) is 4.05. The van der Waals surface area contributed by atoms with Gasteiger partial charge in [-0.15, -0.1) is 0 Å². The van der Waals surface area contributed by atoms with Gasteiger partial charge in [0.25, 0.3) is 0 Å². The third kappa shape index (κ3) is 4.34. The van der Waals surface area contributed by atoms with Crippen molar-refractivity contribution in [3.8, 4) is 12.1 Å². The molecule has 0 amide bonds. The van der Waals surface area contributed by atoms with Crippen LogP contribution in [0.5, 0.6) is 0 Å². The summed E-state index contributed by atoms with van der Waals surface area (Å²) in [4.78, 5) is 12.6. The van der Waals surface area contributed by atoms with Crippen molar-refractivity contribution in [3.05, 3.63) is 72.2 Å². The van der Waals surface area contributed by atoms with Gasteiger partial charge in [0.1, 0.15) is 6.07 Å². The fourth-order valence-corrected chi connectivity index (χ4v) is 3.27. The SMILES string of the molecule is N#CCCn1cc(/C=C(\C#N)c2nc(N)nc(Nc3ccccc3)n2)c2ccccc21. The molecule has 2 heterocycles. The van der Waals surface area contributed by atoms with Crippen molar-refractivity contribution in [2.24, 2.45) is 0 Å². The van der Waals surface area contributed by atoms with Crippen molar-refractivity contribution in [2.75, 3.05) is 11.1 Å². The highest BCUT2D eigenvalue weighted by Gasteiger charge is 2.13. The van der Waals surface area contributed by atoms with Crippen LogP contribution in [0.15, 0.2) is 60.8 Å². The first kappa shape index (κ1) is 19.6. The van der Waals surface area contributed by atoms with Crippen molar-refractivity contribution in [2.45, 2.75) is 13.0 Å². The Labute approximate surface area is 178 Å². The van der Waals surface area contributed by atoms with E-state index in [2.05, 4.69) is 32.4 Å². The Balaban J connectivity index is 1.74. The van der Waals surface area contributed by atoms with Gasteiger partial charge in [0.15, 0.2) is 5.82 Å². The second-order valence-electron chi connectivity index (χ2n) is 6.70. The van der Waals surface area contributed by atoms with Gasteiger partial charge in [-0.1, -0.05) is 36.4 Å². The van der Waals surface area contributed by atoms with Gasteiger partial charge in [-0.3, -0.25) is 0 Å². The van der Waals surface area contributed by atoms with Crippen LogP contribution in [0.4, 0.5) is 17.6 Å². The number of anilines is 3. The number of nitrogens with zero attached hydrogens (tertiary/aromatic N) is 6. The molecule has 8 nitrogen and oxygen atoms in total. The maximum atomic E-state index is 9.80. The van der Waals surface area contributed by atoms with Crippen LogP contribution in [0.3, 0.4) is 0 Å². The predicted molar refractivity (Wildman–Crippen MR) is 120 cm³/mol. The van der Waals surface area contributed by atoms with Crippen LogP contribution in [-0.2, 0) is 6.54 Å². The van der Waals surface area contributed by atoms with Crippen LogP contribution in [0, 0.1) is 22.7 Å². The smallest absolute Gasteiger partial charge is 0.232 e. The fourth-order valence-electron chi connectivity index (χ4n) is 3.27. The lowest BCUT2D eigenvalue weighted by molar-refractivity contribution is 0.744. The van der Waals surface area contributed by atoms with E-state index >= 15 is 0 Å². The number of nitriles is 2. The van der Waals surface area contributed by atoms with Crippen molar-refractivity contribution < 1.29 is 0 Å². The van der Waals surface area contributed by atoms with Crippen LogP contribution in [-0.4, -0.2) is 19.5 Å². The van der Waals surface area contributed by atoms with Gasteiger partial charge in [-0.25, -0.2) is 0 Å². The van der Waals surface area contributed by atoms with E-state index < -0.39 is 0 Å². The standard InChI is InChI=1S/C23H18N8/c24-11-6-12-31-15-17(19-9-4-5-10-20(19)31)13-16(14-25)21-28-22(26)30-23(29-21)27-18-7-2-1-3-8-18/h1-5,7-10,13,15H,6,12H2,(H3,26,27,28,29,30)/b16-13+. The number of rotatable bonds is 6. The monoisotopic (exact) mass is 406 g/mol. The third-order valence-corrected chi connectivity index (χ3v) is 4.63. The first-order valence-corrected chi connectivity index (χ1v) is 9.58. The van der Waals surface area contributed by atoms with Gasteiger partial charge < -0.3 is 15.6 Å². The lowest BCUT2D eigenvalue weighted by Crippen LogP contribution is -2.06. The molecule has 150 valence electrons. The van der Waals surface area contributed by atoms with Crippen LogP contribution in [0.25, 0.3) is 22.6 Å². The van der Waals surface area contributed by atoms with E-state index in [0.717, 1.165) is 22.2 Å². The Morgan fingerprint density at radius 1 is 1.03 bits per heavy atom. The average Bonchev–Trinajstić information content (AvgIpc) is 3.13. The summed E-state index contributed by atoms with van der Waals surface area (Å²) in [5, 5.41) is 22.8. The van der Waals surface area contributed by atoms with Gasteiger partial charge in [0, 0.05) is 34.9 Å². The summed E-state index contributed by atoms with van der Waals surface area (Å²) in [6, 6.07) is 21.6. The van der Waals surface area contributed by atoms with Crippen LogP contribution < -0.4 is 11.1 Å². The number of allylic oxidation sites excluding steroid dienone is 1. The zero-order chi connectivity index (χ0) is 21.6. The fraction of sp³-hybridized carbons (Fsp3) is 0.0870. The number of aryl methyl sites for hydroxylation is 1. The van der Waals surface area contributed by atoms with Crippen LogP contribution >= 0.6 is 0 Å². The number of para-hydroxylation sites is 2. The maximum Gasteiger partial charge on any atom is 0.232 e. The number of hydrogen-bond donors (Lipinski definition) is 2. The molecule has 4 rings (SSSR count). The summed E-state index contributed by atoms with van der Waals surface area (Å²) in [5.74, 6) is 0.453. The summed E-state index contributed by atoms with van der Waals surface area (Å²) in [6.45, 7) is 0.566. The number of hydrogen-bond acceptors (Lipinski definition) is 7. The third-order valence-electron chi connectivity index (χ3n) is 4.63. The van der Waals surface area contributed by atoms with E-state index in [-0.39, 0.29) is 23.3 Å². The molecule has 0 fully saturated rings. The van der Waals surface area contributed by atoms with Crippen LogP contribution in [0.2, 0.25) is 0 Å². The molecule has 2 aromatic heterocycles. The molecule has 3 N–H and O–H groups in total. The maximum absolute atomic E-state index is 9.80. The van der Waals surface area contributed by atoms with Crippen molar-refractivity contribution >= 4 is 40.1 Å². The largest absolute Gasteiger partial charge is 0.368 e. The summed E-state index contributed by atoms with van der Waals surface area (Å²) < 4.78 is 2.00. The molecule has 0 saturated heterocycles. The molecule has 0 aliphatic rings. The van der Waals surface area contributed by atoms with E-state index in [0.29, 0.717) is 13.0 Å². The second kappa shape index (κ2) is 8.76. The molecule has 4 aromatic rings. The molecular formula is C23H18N8. The Morgan fingerprint density at radius 3 is 2.58 bits per heavy atom. The minimum atomic E-state index is 0.0148. The molecule has 0 spiro atoms. The zero-order valence-corrected chi connectivity index (χ0v) is 16.5. The first-order valence-electron chi connectivity index (χ1n) is 9.58. The minimum Gasteiger partial charge on any atom is -0.368 e. The number of fused-ring (bicyclic) bond motifs is 1. The highest BCUT2D eigenvalue weighted by atomic mass is 15.2. The number of nitrogens with one attached hydrogen (secondary N) is 1. The van der Waals surface area contributed by atoms with Crippen molar-refractivity contribution in [1.29, 1.82) is 10.5 Å². The van der Waals surface area contributed by atoms with E-state index in [4.69, 9.17) is 11.0 Å². The van der Waals surface area contributed by atoms with E-state index in [1.165, 1.54) is 0 Å². The van der Waals surface area contributed by atoms with Gasteiger partial charge in [0.2, 0.25) is 11.9 Å². The average molecular weight is 406 g/mol. The Morgan fingerprint density at radius 2 is 1.81 bits per heavy atom. The number of benzene rings is 2. The van der Waals surface area contributed by atoms with Gasteiger partial charge >= 0.3 is 0 Å². The first-order chi connectivity index (χ1) is 15.2. The number of nitrogens with two attached hydrogens (primary N) is 1. The van der Waals surface area contributed by atoms with E-state index in [9.17, 15) is 5.26 Å². The molecule has 0 aliphatic carbocycles. The second-order valence-corrected chi connectivity index (χ2v) is 6.70. The molecule has 31 heavy (non-hydrogen) atoms. The lowest BCUT2D eigenvalue weighted by Gasteiger charge is -2.06. The van der Waals surface area contributed by atoms with Gasteiger partial charge in [-0.05, 0) is 24.3 Å². The molecule has 0 unspecified atom stereocenters. The zero-order valence-electron chi connectivity index (χ0n) is 16.5. The van der Waals surface area contributed by atoms with Gasteiger partial charge in [0.05, 0.1) is 18.1 Å². The highest BCUT2D eigenvalue weighted by Crippen LogP contribution is 2.26. The van der Waals surface area contributed by atoms with Crippen molar-refractivity contribution in [1.82, 2.24) is 19.5 Å². The quantitative estimate of drug-likeness (QED) is 0.460.